The number of carbonyl (C=O) groups is 1. The maximum Gasteiger partial charge on any atom is 0.259 e. The van der Waals surface area contributed by atoms with Crippen LogP contribution >= 0.6 is 0 Å². The van der Waals surface area contributed by atoms with Crippen molar-refractivity contribution in [2.45, 2.75) is 6.92 Å². The van der Waals surface area contributed by atoms with Gasteiger partial charge in [0.25, 0.3) is 11.7 Å². The Balaban J connectivity index is 1.64. The van der Waals surface area contributed by atoms with Gasteiger partial charge >= 0.3 is 0 Å². The van der Waals surface area contributed by atoms with E-state index in [0.29, 0.717) is 39.9 Å². The van der Waals surface area contributed by atoms with Gasteiger partial charge in [-0.15, -0.1) is 5.10 Å². The van der Waals surface area contributed by atoms with E-state index in [1.807, 2.05) is 0 Å². The van der Waals surface area contributed by atoms with Crippen LogP contribution in [0.1, 0.15) is 16.1 Å². The highest BCUT2D eigenvalue weighted by atomic mass is 19.1. The van der Waals surface area contributed by atoms with Crippen LogP contribution in [0.3, 0.4) is 0 Å². The molecule has 4 aromatic rings. The molecule has 140 valence electrons. The summed E-state index contributed by atoms with van der Waals surface area (Å²) in [6.07, 6.45) is 1.46. The van der Waals surface area contributed by atoms with Gasteiger partial charge in [-0.2, -0.15) is 4.98 Å². The van der Waals surface area contributed by atoms with E-state index in [0.717, 1.165) is 0 Å². The number of fused-ring (bicyclic) bond motifs is 1. The van der Waals surface area contributed by atoms with Crippen molar-refractivity contribution >= 4 is 17.4 Å². The molecule has 0 unspecified atom stereocenters. The van der Waals surface area contributed by atoms with E-state index in [2.05, 4.69) is 20.4 Å². The lowest BCUT2D eigenvalue weighted by Crippen LogP contribution is -2.16. The molecule has 8 heteroatoms. The molecule has 0 fully saturated rings. The summed E-state index contributed by atoms with van der Waals surface area (Å²) in [4.78, 5) is 21.2. The Bertz CT molecular complexity index is 1150. The number of aromatic nitrogens is 4. The van der Waals surface area contributed by atoms with Crippen molar-refractivity contribution in [3.63, 3.8) is 0 Å². The number of hydrogen-bond donors (Lipinski definition) is 1. The second-order valence-electron chi connectivity index (χ2n) is 6.09. The number of halogens is 1. The molecular formula is C20H16FN5O2. The van der Waals surface area contributed by atoms with Gasteiger partial charge in [0.15, 0.2) is 5.82 Å². The number of ether oxygens (including phenoxy) is 1. The smallest absolute Gasteiger partial charge is 0.259 e. The van der Waals surface area contributed by atoms with Gasteiger partial charge in [0, 0.05) is 17.4 Å². The van der Waals surface area contributed by atoms with Crippen molar-refractivity contribution in [3.8, 4) is 17.1 Å². The molecule has 0 bridgehead atoms. The minimum Gasteiger partial charge on any atom is -0.497 e. The van der Waals surface area contributed by atoms with Gasteiger partial charge in [-0.1, -0.05) is 0 Å². The fourth-order valence-corrected chi connectivity index (χ4v) is 2.76. The number of amides is 1. The number of anilines is 1. The maximum atomic E-state index is 13.1. The molecule has 2 aromatic heterocycles. The Morgan fingerprint density at radius 3 is 2.50 bits per heavy atom. The van der Waals surface area contributed by atoms with Gasteiger partial charge in [-0.25, -0.2) is 13.9 Å². The lowest BCUT2D eigenvalue weighted by atomic mass is 10.2. The molecule has 0 radical (unpaired) electrons. The number of carbonyl (C=O) groups excluding carboxylic acids is 1. The Hall–Kier alpha value is -3.81. The number of methoxy groups -OCH3 is 1. The van der Waals surface area contributed by atoms with Crippen molar-refractivity contribution in [1.82, 2.24) is 19.6 Å². The average Bonchev–Trinajstić information content (AvgIpc) is 3.14. The largest absolute Gasteiger partial charge is 0.497 e. The summed E-state index contributed by atoms with van der Waals surface area (Å²) in [7, 11) is 1.58. The summed E-state index contributed by atoms with van der Waals surface area (Å²) in [5.74, 6) is 0.824. The summed E-state index contributed by atoms with van der Waals surface area (Å²) in [5, 5.41) is 7.23. The van der Waals surface area contributed by atoms with Crippen molar-refractivity contribution in [1.29, 1.82) is 0 Å². The topological polar surface area (TPSA) is 81.4 Å². The molecule has 0 aliphatic carbocycles. The van der Waals surface area contributed by atoms with Gasteiger partial charge in [-0.05, 0) is 55.5 Å². The number of rotatable bonds is 4. The highest BCUT2D eigenvalue weighted by molar-refractivity contribution is 6.04. The molecule has 0 aliphatic heterocycles. The van der Waals surface area contributed by atoms with Gasteiger partial charge < -0.3 is 10.1 Å². The van der Waals surface area contributed by atoms with E-state index in [4.69, 9.17) is 4.74 Å². The van der Waals surface area contributed by atoms with Crippen LogP contribution in [0.2, 0.25) is 0 Å². The summed E-state index contributed by atoms with van der Waals surface area (Å²) in [5.41, 5.74) is 2.27. The van der Waals surface area contributed by atoms with Crippen LogP contribution in [-0.2, 0) is 0 Å². The molecule has 0 spiro atoms. The standard InChI is InChI=1S/C20H16FN5O2/c1-12-17(19(27)23-15-7-9-16(28-2)10-8-15)11-22-20-24-18(25-26(12)20)13-3-5-14(21)6-4-13/h3-11H,1-2H3,(H,23,27). The van der Waals surface area contributed by atoms with E-state index < -0.39 is 0 Å². The van der Waals surface area contributed by atoms with E-state index >= 15 is 0 Å². The van der Waals surface area contributed by atoms with Crippen LogP contribution in [-0.4, -0.2) is 32.6 Å². The van der Waals surface area contributed by atoms with Gasteiger partial charge in [0.2, 0.25) is 0 Å². The van der Waals surface area contributed by atoms with Crippen LogP contribution in [0.15, 0.2) is 54.7 Å². The lowest BCUT2D eigenvalue weighted by Gasteiger charge is -2.08. The van der Waals surface area contributed by atoms with Crippen LogP contribution in [0.5, 0.6) is 5.75 Å². The summed E-state index contributed by atoms with van der Waals surface area (Å²) in [6, 6.07) is 12.9. The third kappa shape index (κ3) is 3.27. The molecule has 1 N–H and O–H groups in total. The fourth-order valence-electron chi connectivity index (χ4n) is 2.76. The molecule has 0 aliphatic rings. The molecule has 7 nitrogen and oxygen atoms in total. The molecule has 1 amide bonds. The van der Waals surface area contributed by atoms with Gasteiger partial charge in [-0.3, -0.25) is 4.79 Å². The van der Waals surface area contributed by atoms with Crippen molar-refractivity contribution in [2.24, 2.45) is 0 Å². The van der Waals surface area contributed by atoms with E-state index in [-0.39, 0.29) is 11.7 Å². The maximum absolute atomic E-state index is 13.1. The van der Waals surface area contributed by atoms with Crippen LogP contribution in [0.4, 0.5) is 10.1 Å². The number of hydrogen-bond acceptors (Lipinski definition) is 5. The number of nitrogens with one attached hydrogen (secondary N) is 1. The molecular weight excluding hydrogens is 361 g/mol. The minimum absolute atomic E-state index is 0.309. The minimum atomic E-state index is -0.334. The molecule has 4 rings (SSSR count). The van der Waals surface area contributed by atoms with E-state index in [1.54, 1.807) is 50.4 Å². The van der Waals surface area contributed by atoms with Gasteiger partial charge in [0.05, 0.1) is 18.4 Å². The first-order chi connectivity index (χ1) is 13.5. The zero-order valence-electron chi connectivity index (χ0n) is 15.2. The van der Waals surface area contributed by atoms with Gasteiger partial charge in [0.1, 0.15) is 11.6 Å². The first-order valence-corrected chi connectivity index (χ1v) is 8.49. The molecule has 0 saturated carbocycles. The third-order valence-corrected chi connectivity index (χ3v) is 4.30. The molecule has 0 atom stereocenters. The molecule has 0 saturated heterocycles. The molecule has 2 aromatic carbocycles. The zero-order chi connectivity index (χ0) is 19.7. The second-order valence-corrected chi connectivity index (χ2v) is 6.09. The third-order valence-electron chi connectivity index (χ3n) is 4.30. The Morgan fingerprint density at radius 1 is 1.11 bits per heavy atom. The molecule has 28 heavy (non-hydrogen) atoms. The SMILES string of the molecule is COc1ccc(NC(=O)c2cnc3nc(-c4ccc(F)cc4)nn3c2C)cc1. The van der Waals surface area contributed by atoms with E-state index in [1.165, 1.54) is 22.8 Å². The number of nitrogens with zero attached hydrogens (tertiary/aromatic N) is 4. The summed E-state index contributed by atoms with van der Waals surface area (Å²) >= 11 is 0. The highest BCUT2D eigenvalue weighted by Gasteiger charge is 2.16. The Kier molecular flexibility index (Phi) is 4.44. The monoisotopic (exact) mass is 377 g/mol. The Morgan fingerprint density at radius 2 is 1.82 bits per heavy atom. The van der Waals surface area contributed by atoms with Crippen LogP contribution in [0, 0.1) is 12.7 Å². The average molecular weight is 377 g/mol. The molecule has 2 heterocycles. The lowest BCUT2D eigenvalue weighted by molar-refractivity contribution is 0.102. The van der Waals surface area contributed by atoms with Crippen molar-refractivity contribution in [2.75, 3.05) is 12.4 Å². The van der Waals surface area contributed by atoms with Crippen molar-refractivity contribution < 1.29 is 13.9 Å². The highest BCUT2D eigenvalue weighted by Crippen LogP contribution is 2.19. The Labute approximate surface area is 159 Å². The van der Waals surface area contributed by atoms with E-state index in [9.17, 15) is 9.18 Å². The van der Waals surface area contributed by atoms with Crippen molar-refractivity contribution in [3.05, 3.63) is 71.8 Å². The fraction of sp³-hybridized carbons (Fsp3) is 0.100. The normalized spacial score (nSPS) is 10.8. The summed E-state index contributed by atoms with van der Waals surface area (Å²) in [6.45, 7) is 1.76. The quantitative estimate of drug-likeness (QED) is 0.589. The number of aryl methyl sites for hydroxylation is 1. The second kappa shape index (κ2) is 7.07. The van der Waals surface area contributed by atoms with Crippen LogP contribution in [0.25, 0.3) is 17.2 Å². The number of benzene rings is 2. The summed E-state index contributed by atoms with van der Waals surface area (Å²) < 4.78 is 19.7. The zero-order valence-corrected chi connectivity index (χ0v) is 15.2. The van der Waals surface area contributed by atoms with Crippen LogP contribution < -0.4 is 10.1 Å². The predicted octanol–water partition coefficient (Wildman–Crippen LogP) is 3.50. The predicted molar refractivity (Wildman–Crippen MR) is 102 cm³/mol. The first-order valence-electron chi connectivity index (χ1n) is 8.49. The first kappa shape index (κ1) is 17.6.